The van der Waals surface area contributed by atoms with Crippen molar-refractivity contribution in [1.82, 2.24) is 0 Å². The van der Waals surface area contributed by atoms with E-state index in [1.165, 1.54) is 0 Å². The maximum Gasteiger partial charge on any atom is 0.156 e. The number of rotatable bonds is 4. The monoisotopic (exact) mass is 226 g/mol. The van der Waals surface area contributed by atoms with Gasteiger partial charge in [0, 0.05) is 6.42 Å². The maximum atomic E-state index is 12.9. The average molecular weight is 226 g/mol. The molecule has 0 unspecified atom stereocenters. The van der Waals surface area contributed by atoms with E-state index in [-0.39, 0.29) is 13.0 Å². The van der Waals surface area contributed by atoms with Gasteiger partial charge in [0.2, 0.25) is 0 Å². The van der Waals surface area contributed by atoms with Crippen LogP contribution in [0.1, 0.15) is 17.5 Å². The Labute approximate surface area is 101 Å². The number of benzene rings is 2. The molecule has 0 bridgehead atoms. The van der Waals surface area contributed by atoms with Gasteiger partial charge in [-0.1, -0.05) is 60.7 Å². The molecule has 0 saturated carbocycles. The zero-order chi connectivity index (χ0) is 12.1. The Kier molecular flexibility index (Phi) is 3.57. The van der Waals surface area contributed by atoms with Crippen molar-refractivity contribution in [2.24, 2.45) is 0 Å². The predicted octanol–water partition coefficient (Wildman–Crippen LogP) is 3.18. The molecule has 0 N–H and O–H groups in total. The van der Waals surface area contributed by atoms with Crippen molar-refractivity contribution in [2.45, 2.75) is 12.0 Å². The van der Waals surface area contributed by atoms with Crippen LogP contribution in [0.4, 0.5) is 0 Å². The van der Waals surface area contributed by atoms with Gasteiger partial charge in [-0.05, 0) is 11.1 Å². The molecule has 0 aliphatic rings. The summed E-state index contributed by atoms with van der Waals surface area (Å²) in [5, 5.41) is 23.8. The first-order valence-electron chi connectivity index (χ1n) is 5.67. The minimum absolute atomic E-state index is 0.0705. The van der Waals surface area contributed by atoms with Crippen molar-refractivity contribution < 1.29 is 10.2 Å². The highest BCUT2D eigenvalue weighted by molar-refractivity contribution is 5.35. The molecule has 0 fully saturated rings. The van der Waals surface area contributed by atoms with Crippen LogP contribution in [0.3, 0.4) is 0 Å². The smallest absolute Gasteiger partial charge is 0.156 e. The van der Waals surface area contributed by atoms with E-state index in [2.05, 4.69) is 0 Å². The first kappa shape index (κ1) is 11.8. The third-order valence-corrected chi connectivity index (χ3v) is 2.93. The van der Waals surface area contributed by atoms with Crippen LogP contribution in [0.2, 0.25) is 0 Å². The SMILES string of the molecule is [O]CCC([O])(c1ccccc1)c1ccccc1. The molecular weight excluding hydrogens is 212 g/mol. The van der Waals surface area contributed by atoms with Gasteiger partial charge in [-0.3, -0.25) is 0 Å². The fourth-order valence-corrected chi connectivity index (χ4v) is 2.01. The molecule has 2 aromatic rings. The van der Waals surface area contributed by atoms with Crippen LogP contribution >= 0.6 is 0 Å². The molecule has 17 heavy (non-hydrogen) atoms. The van der Waals surface area contributed by atoms with Gasteiger partial charge in [0.25, 0.3) is 0 Å². The standard InChI is InChI=1S/C15H14O2/c16-12-11-15(17,13-7-3-1-4-8-13)14-9-5-2-6-10-14/h1-10H,11-12H2. The summed E-state index contributed by atoms with van der Waals surface area (Å²) in [4.78, 5) is 0. The van der Waals surface area contributed by atoms with Crippen LogP contribution in [0.5, 0.6) is 0 Å². The molecule has 0 spiro atoms. The Morgan fingerprint density at radius 1 is 0.765 bits per heavy atom. The van der Waals surface area contributed by atoms with Gasteiger partial charge in [-0.15, -0.1) is 0 Å². The van der Waals surface area contributed by atoms with Gasteiger partial charge in [0.1, 0.15) is 0 Å². The molecule has 2 nitrogen and oxygen atoms in total. The lowest BCUT2D eigenvalue weighted by Crippen LogP contribution is -2.26. The van der Waals surface area contributed by atoms with E-state index in [4.69, 9.17) is 0 Å². The second-order valence-corrected chi connectivity index (χ2v) is 4.01. The summed E-state index contributed by atoms with van der Waals surface area (Å²) < 4.78 is 0. The molecule has 2 heteroatoms. The highest BCUT2D eigenvalue weighted by Gasteiger charge is 2.33. The Bertz CT molecular complexity index is 411. The van der Waals surface area contributed by atoms with Crippen molar-refractivity contribution >= 4 is 0 Å². The number of hydrogen-bond donors (Lipinski definition) is 0. The maximum absolute atomic E-state index is 12.9. The molecule has 2 rings (SSSR count). The summed E-state index contributed by atoms with van der Waals surface area (Å²) in [6.45, 7) is -0.368. The molecule has 2 aromatic carbocycles. The molecule has 2 radical (unpaired) electrons. The van der Waals surface area contributed by atoms with E-state index in [1.807, 2.05) is 36.4 Å². The van der Waals surface area contributed by atoms with E-state index in [0.717, 1.165) is 0 Å². The van der Waals surface area contributed by atoms with Crippen molar-refractivity contribution in [3.63, 3.8) is 0 Å². The first-order chi connectivity index (χ1) is 8.27. The summed E-state index contributed by atoms with van der Waals surface area (Å²) in [6.07, 6.45) is 0.0705. The average Bonchev–Trinajstić information content (AvgIpc) is 2.41. The second-order valence-electron chi connectivity index (χ2n) is 4.01. The van der Waals surface area contributed by atoms with E-state index >= 15 is 0 Å². The predicted molar refractivity (Wildman–Crippen MR) is 64.5 cm³/mol. The normalized spacial score (nSPS) is 11.4. The van der Waals surface area contributed by atoms with Crippen molar-refractivity contribution in [3.8, 4) is 0 Å². The minimum atomic E-state index is -1.43. The van der Waals surface area contributed by atoms with Gasteiger partial charge < -0.3 is 0 Å². The van der Waals surface area contributed by atoms with Gasteiger partial charge in [0.05, 0.1) is 6.61 Å². The molecule has 86 valence electrons. The molecule has 0 amide bonds. The summed E-state index contributed by atoms with van der Waals surface area (Å²) in [5.74, 6) is 0. The lowest BCUT2D eigenvalue weighted by atomic mass is 9.84. The lowest BCUT2D eigenvalue weighted by Gasteiger charge is -2.25. The zero-order valence-corrected chi connectivity index (χ0v) is 9.50. The Balaban J connectivity index is 2.47. The topological polar surface area (TPSA) is 39.8 Å². The third kappa shape index (κ3) is 2.38. The van der Waals surface area contributed by atoms with Crippen LogP contribution in [-0.4, -0.2) is 6.61 Å². The number of hydrogen-bond acceptors (Lipinski definition) is 0. The van der Waals surface area contributed by atoms with Crippen LogP contribution in [-0.2, 0) is 15.8 Å². The Hall–Kier alpha value is -1.64. The van der Waals surface area contributed by atoms with Crippen LogP contribution in [0.25, 0.3) is 0 Å². The summed E-state index contributed by atoms with van der Waals surface area (Å²) in [7, 11) is 0. The molecule has 0 aliphatic heterocycles. The van der Waals surface area contributed by atoms with Gasteiger partial charge in [-0.2, -0.15) is 0 Å². The molecular formula is C15H14O2. The lowest BCUT2D eigenvalue weighted by molar-refractivity contribution is -0.0246. The highest BCUT2D eigenvalue weighted by Crippen LogP contribution is 2.33. The summed E-state index contributed by atoms with van der Waals surface area (Å²) >= 11 is 0. The first-order valence-corrected chi connectivity index (χ1v) is 5.67. The fraction of sp³-hybridized carbons (Fsp3) is 0.200. The van der Waals surface area contributed by atoms with E-state index in [0.29, 0.717) is 11.1 Å². The van der Waals surface area contributed by atoms with Gasteiger partial charge in [-0.25, -0.2) is 10.2 Å². The fourth-order valence-electron chi connectivity index (χ4n) is 2.01. The molecule has 0 heterocycles. The third-order valence-electron chi connectivity index (χ3n) is 2.93. The summed E-state index contributed by atoms with van der Waals surface area (Å²) in [6, 6.07) is 18.2. The van der Waals surface area contributed by atoms with E-state index < -0.39 is 5.60 Å². The molecule has 0 aromatic heterocycles. The molecule has 0 saturated heterocycles. The zero-order valence-electron chi connectivity index (χ0n) is 9.50. The molecule has 0 aliphatic carbocycles. The van der Waals surface area contributed by atoms with Crippen molar-refractivity contribution in [3.05, 3.63) is 71.8 Å². The minimum Gasteiger partial charge on any atom is -0.237 e. The van der Waals surface area contributed by atoms with Crippen LogP contribution < -0.4 is 0 Å². The highest BCUT2D eigenvalue weighted by atomic mass is 16.3. The van der Waals surface area contributed by atoms with Gasteiger partial charge in [0.15, 0.2) is 5.60 Å². The van der Waals surface area contributed by atoms with Crippen LogP contribution in [0.15, 0.2) is 60.7 Å². The van der Waals surface area contributed by atoms with Crippen molar-refractivity contribution in [1.29, 1.82) is 0 Å². The second kappa shape index (κ2) is 5.13. The quantitative estimate of drug-likeness (QED) is 0.768. The van der Waals surface area contributed by atoms with E-state index in [1.54, 1.807) is 24.3 Å². The van der Waals surface area contributed by atoms with Crippen LogP contribution in [0, 0.1) is 0 Å². The van der Waals surface area contributed by atoms with E-state index in [9.17, 15) is 10.2 Å². The summed E-state index contributed by atoms with van der Waals surface area (Å²) in [5.41, 5.74) is -0.117. The van der Waals surface area contributed by atoms with Crippen molar-refractivity contribution in [2.75, 3.05) is 6.61 Å². The molecule has 0 atom stereocenters. The Morgan fingerprint density at radius 2 is 1.18 bits per heavy atom. The Morgan fingerprint density at radius 3 is 1.53 bits per heavy atom. The largest absolute Gasteiger partial charge is 0.237 e. The van der Waals surface area contributed by atoms with Gasteiger partial charge >= 0.3 is 0 Å².